The zero-order valence-electron chi connectivity index (χ0n) is 18.4. The molecule has 30 heavy (non-hydrogen) atoms. The minimum Gasteiger partial charge on any atom is -0.322 e. The zero-order valence-corrected chi connectivity index (χ0v) is 19.4. The first kappa shape index (κ1) is 22.2. The van der Waals surface area contributed by atoms with Crippen LogP contribution in [0.15, 0.2) is 24.3 Å². The van der Waals surface area contributed by atoms with Gasteiger partial charge in [0.05, 0.1) is 8.07 Å². The zero-order chi connectivity index (χ0) is 22.3. The maximum Gasteiger partial charge on any atom is 0.255 e. The number of allylic oxidation sites excluding steroid dienone is 1. The number of carbonyl (C=O) groups excluding carboxylic acids is 4. The first-order valence-corrected chi connectivity index (χ1v) is 13.5. The molecular weight excluding hydrogens is 396 g/mol. The highest BCUT2D eigenvalue weighted by Gasteiger charge is 2.43. The van der Waals surface area contributed by atoms with Gasteiger partial charge in [-0.3, -0.25) is 19.7 Å². The van der Waals surface area contributed by atoms with Gasteiger partial charge in [0.1, 0.15) is 12.0 Å². The molecule has 3 amide bonds. The smallest absolute Gasteiger partial charge is 0.255 e. The maximum absolute atomic E-state index is 12.9. The first-order valence-electron chi connectivity index (χ1n) is 10.4. The van der Waals surface area contributed by atoms with Crippen LogP contribution < -0.4 is 5.32 Å². The molecule has 0 saturated carbocycles. The van der Waals surface area contributed by atoms with E-state index in [1.807, 2.05) is 18.1 Å². The molecule has 1 aromatic rings. The van der Waals surface area contributed by atoms with Crippen molar-refractivity contribution in [2.45, 2.75) is 76.3 Å². The third-order valence-electron chi connectivity index (χ3n) is 7.19. The van der Waals surface area contributed by atoms with E-state index in [9.17, 15) is 19.2 Å². The maximum atomic E-state index is 12.9. The fourth-order valence-electron chi connectivity index (χ4n) is 4.35. The molecular formula is C23H30N2O4Si. The van der Waals surface area contributed by atoms with E-state index in [0.717, 1.165) is 11.1 Å². The van der Waals surface area contributed by atoms with Gasteiger partial charge in [-0.25, -0.2) is 4.79 Å². The third kappa shape index (κ3) is 3.92. The molecule has 6 nitrogen and oxygen atoms in total. The van der Waals surface area contributed by atoms with Crippen LogP contribution >= 0.6 is 0 Å². The second-order valence-electron chi connectivity index (χ2n) is 9.90. The molecule has 0 aromatic heterocycles. The highest BCUT2D eigenvalue weighted by molar-refractivity contribution is 6.81. The normalized spacial score (nSPS) is 20.5. The molecule has 1 N–H and O–H groups in total. The van der Waals surface area contributed by atoms with Gasteiger partial charge in [-0.1, -0.05) is 46.0 Å². The highest BCUT2D eigenvalue weighted by atomic mass is 28.3. The van der Waals surface area contributed by atoms with Crippen LogP contribution in [0.5, 0.6) is 0 Å². The lowest BCUT2D eigenvalue weighted by molar-refractivity contribution is -0.136. The summed E-state index contributed by atoms with van der Waals surface area (Å²) in [6.07, 6.45) is 2.80. The van der Waals surface area contributed by atoms with Gasteiger partial charge in [-0.05, 0) is 40.6 Å². The second kappa shape index (κ2) is 7.97. The lowest BCUT2D eigenvalue weighted by Crippen LogP contribution is -2.52. The Kier molecular flexibility index (Phi) is 5.89. The number of rotatable bonds is 5. The summed E-state index contributed by atoms with van der Waals surface area (Å²) in [6, 6.07) is 5.31. The van der Waals surface area contributed by atoms with Crippen LogP contribution in [0.2, 0.25) is 18.1 Å². The van der Waals surface area contributed by atoms with Crippen molar-refractivity contribution in [1.82, 2.24) is 10.2 Å². The Hall–Kier alpha value is -2.50. The number of hydrogen-bond acceptors (Lipinski definition) is 4. The molecule has 2 aliphatic rings. The minimum atomic E-state index is -1.84. The van der Waals surface area contributed by atoms with E-state index >= 15 is 0 Å². The monoisotopic (exact) mass is 426 g/mol. The average Bonchev–Trinajstić information content (AvgIpc) is 2.97. The molecule has 2 atom stereocenters. The summed E-state index contributed by atoms with van der Waals surface area (Å²) in [4.78, 5) is 49.2. The molecule has 0 radical (unpaired) electrons. The van der Waals surface area contributed by atoms with Gasteiger partial charge in [0.2, 0.25) is 11.8 Å². The van der Waals surface area contributed by atoms with E-state index in [0.29, 0.717) is 24.9 Å². The number of fused-ring (bicyclic) bond motifs is 1. The highest BCUT2D eigenvalue weighted by Crippen LogP contribution is 2.47. The summed E-state index contributed by atoms with van der Waals surface area (Å²) < 4.78 is 0. The van der Waals surface area contributed by atoms with Crippen LogP contribution in [0.1, 0.15) is 67.1 Å². The standard InChI is InChI=1S/C23H30N2O4Si/c1-23(2,3)30(4,5)19(7-6-12-26)15-8-9-17-16(13-15)14-25(22(17)29)18-10-11-20(27)24-21(18)28/h6,8-9,13,18-19H,7,10-11,14H2,1-5H3,(H,24,27,28)/t18-,19?/m0/s1. The average molecular weight is 427 g/mol. The van der Waals surface area contributed by atoms with E-state index < -0.39 is 20.0 Å². The van der Waals surface area contributed by atoms with Crippen molar-refractivity contribution in [3.8, 4) is 0 Å². The van der Waals surface area contributed by atoms with Crippen LogP contribution in [-0.4, -0.2) is 42.7 Å². The van der Waals surface area contributed by atoms with E-state index in [4.69, 9.17) is 0 Å². The van der Waals surface area contributed by atoms with Gasteiger partial charge in [-0.2, -0.15) is 0 Å². The van der Waals surface area contributed by atoms with Gasteiger partial charge in [0.25, 0.3) is 5.91 Å². The lowest BCUT2D eigenvalue weighted by Gasteiger charge is -2.43. The van der Waals surface area contributed by atoms with E-state index in [1.54, 1.807) is 11.0 Å². The molecule has 1 aromatic carbocycles. The van der Waals surface area contributed by atoms with Gasteiger partial charge in [0, 0.05) is 24.6 Å². The van der Waals surface area contributed by atoms with Crippen LogP contribution in [0.3, 0.4) is 0 Å². The molecule has 0 spiro atoms. The van der Waals surface area contributed by atoms with Gasteiger partial charge >= 0.3 is 0 Å². The number of piperidine rings is 1. The minimum absolute atomic E-state index is 0.127. The Morgan fingerprint density at radius 3 is 2.57 bits per heavy atom. The Morgan fingerprint density at radius 1 is 1.27 bits per heavy atom. The molecule has 1 unspecified atom stereocenters. The number of benzene rings is 1. The summed E-state index contributed by atoms with van der Waals surface area (Å²) in [6.45, 7) is 11.8. The fraction of sp³-hybridized carbons (Fsp3) is 0.522. The topological polar surface area (TPSA) is 83.6 Å². The largest absolute Gasteiger partial charge is 0.322 e. The molecule has 7 heteroatoms. The quantitative estimate of drug-likeness (QED) is 0.445. The number of imide groups is 1. The van der Waals surface area contributed by atoms with Gasteiger partial charge < -0.3 is 4.90 Å². The molecule has 3 rings (SSSR count). The second-order valence-corrected chi connectivity index (χ2v) is 15.5. The Morgan fingerprint density at radius 2 is 1.97 bits per heavy atom. The van der Waals surface area contributed by atoms with E-state index in [2.05, 4.69) is 45.2 Å². The SMILES string of the molecule is CC(C)(C)[Si](C)(C)C(CC=C=O)c1ccc2c(c1)CN([C@H]1CCC(=O)NC1=O)C2=O. The molecule has 2 heterocycles. The fourth-order valence-corrected chi connectivity index (χ4v) is 7.11. The summed E-state index contributed by atoms with van der Waals surface area (Å²) in [5, 5.41) is 2.46. The predicted molar refractivity (Wildman–Crippen MR) is 117 cm³/mol. The van der Waals surface area contributed by atoms with E-state index in [-0.39, 0.29) is 28.8 Å². The molecule has 0 bridgehead atoms. The lowest BCUT2D eigenvalue weighted by atomic mass is 10.0. The number of amides is 3. The van der Waals surface area contributed by atoms with Gasteiger partial charge in [0.15, 0.2) is 0 Å². The van der Waals surface area contributed by atoms with Crippen LogP contribution in [0.4, 0.5) is 0 Å². The molecule has 0 aliphatic carbocycles. The third-order valence-corrected chi connectivity index (χ3v) is 13.4. The van der Waals surface area contributed by atoms with Crippen molar-refractivity contribution < 1.29 is 19.2 Å². The van der Waals surface area contributed by atoms with Crippen LogP contribution in [-0.2, 0) is 20.9 Å². The van der Waals surface area contributed by atoms with E-state index in [1.165, 1.54) is 0 Å². The Balaban J connectivity index is 1.93. The number of carbonyl (C=O) groups is 3. The van der Waals surface area contributed by atoms with Crippen LogP contribution in [0, 0.1) is 0 Å². The summed E-state index contributed by atoms with van der Waals surface area (Å²) >= 11 is 0. The van der Waals surface area contributed by atoms with Crippen molar-refractivity contribution in [3.63, 3.8) is 0 Å². The predicted octanol–water partition coefficient (Wildman–Crippen LogP) is 3.36. The number of hydrogen-bond donors (Lipinski definition) is 1. The number of nitrogens with zero attached hydrogens (tertiary/aromatic N) is 1. The Bertz CT molecular complexity index is 941. The van der Waals surface area contributed by atoms with Gasteiger partial charge in [-0.15, -0.1) is 0 Å². The van der Waals surface area contributed by atoms with Crippen molar-refractivity contribution in [1.29, 1.82) is 0 Å². The summed E-state index contributed by atoms with van der Waals surface area (Å²) in [5.41, 5.74) is 2.86. The van der Waals surface area contributed by atoms with Crippen molar-refractivity contribution >= 4 is 31.7 Å². The molecule has 2 aliphatic heterocycles. The number of nitrogens with one attached hydrogen (secondary N) is 1. The van der Waals surface area contributed by atoms with Crippen molar-refractivity contribution in [3.05, 3.63) is 41.0 Å². The van der Waals surface area contributed by atoms with Crippen molar-refractivity contribution in [2.75, 3.05) is 0 Å². The first-order chi connectivity index (χ1) is 14.0. The molecule has 160 valence electrons. The summed E-state index contributed by atoms with van der Waals surface area (Å²) in [5.74, 6) is 1.07. The van der Waals surface area contributed by atoms with Crippen LogP contribution in [0.25, 0.3) is 0 Å². The summed E-state index contributed by atoms with van der Waals surface area (Å²) in [7, 11) is -1.84. The Labute approximate surface area is 178 Å². The molecule has 1 saturated heterocycles. The van der Waals surface area contributed by atoms with Crippen molar-refractivity contribution in [2.24, 2.45) is 0 Å². The molecule has 1 fully saturated rings.